The normalized spacial score (nSPS) is 16.2. The van der Waals surface area contributed by atoms with E-state index in [1.54, 1.807) is 6.20 Å². The third-order valence-corrected chi connectivity index (χ3v) is 6.63. The smallest absolute Gasteiger partial charge is 0.255 e. The van der Waals surface area contributed by atoms with Crippen LogP contribution in [0.15, 0.2) is 53.1 Å². The van der Waals surface area contributed by atoms with Gasteiger partial charge in [-0.15, -0.1) is 0 Å². The Morgan fingerprint density at radius 2 is 2.03 bits per heavy atom. The van der Waals surface area contributed by atoms with Crippen LogP contribution in [-0.2, 0) is 19.5 Å². The van der Waals surface area contributed by atoms with E-state index < -0.39 is 0 Å². The summed E-state index contributed by atoms with van der Waals surface area (Å²) in [6.07, 6.45) is 5.29. The molecule has 0 bridgehead atoms. The molecule has 1 fully saturated rings. The number of aromatic nitrogens is 3. The van der Waals surface area contributed by atoms with Crippen LogP contribution in [0.1, 0.15) is 46.0 Å². The molecule has 1 aromatic carbocycles. The minimum Gasteiger partial charge on any atom is -0.465 e. The molecule has 0 saturated heterocycles. The van der Waals surface area contributed by atoms with Crippen LogP contribution >= 0.6 is 0 Å². The Morgan fingerprint density at radius 1 is 1.18 bits per heavy atom. The molecule has 0 spiro atoms. The lowest BCUT2D eigenvalue weighted by atomic mass is 10.0. The summed E-state index contributed by atoms with van der Waals surface area (Å²) >= 11 is 0. The van der Waals surface area contributed by atoms with Gasteiger partial charge in [-0.1, -0.05) is 30.3 Å². The molecular formula is C26H27N5O2. The van der Waals surface area contributed by atoms with Crippen molar-refractivity contribution < 1.29 is 9.21 Å². The summed E-state index contributed by atoms with van der Waals surface area (Å²) in [5, 5.41) is 7.80. The molecule has 1 aliphatic carbocycles. The van der Waals surface area contributed by atoms with E-state index in [0.29, 0.717) is 17.8 Å². The maximum Gasteiger partial charge on any atom is 0.255 e. The van der Waals surface area contributed by atoms with E-state index in [4.69, 9.17) is 14.5 Å². The van der Waals surface area contributed by atoms with E-state index in [1.165, 1.54) is 12.8 Å². The Kier molecular flexibility index (Phi) is 4.99. The van der Waals surface area contributed by atoms with Gasteiger partial charge in [-0.25, -0.2) is 9.50 Å². The predicted octanol–water partition coefficient (Wildman–Crippen LogP) is 4.00. The standard InChI is InChI=1S/C26H27N5O2/c1-17-7-10-20(33-17)13-27-26(32)24-21-11-12-30(15-18-8-9-18)16-23(21)31-25(24)29-22(14-28-31)19-5-3-2-4-6-19/h2-7,10,14,18H,8-9,11-13,15-16H2,1H3,(H,27,32). The van der Waals surface area contributed by atoms with E-state index in [9.17, 15) is 4.79 Å². The molecule has 168 valence electrons. The summed E-state index contributed by atoms with van der Waals surface area (Å²) in [6, 6.07) is 13.8. The average molecular weight is 442 g/mol. The maximum atomic E-state index is 13.4. The number of carbonyl (C=O) groups excluding carboxylic acids is 1. The quantitative estimate of drug-likeness (QED) is 0.490. The third-order valence-electron chi connectivity index (χ3n) is 6.63. The molecule has 3 aromatic heterocycles. The van der Waals surface area contributed by atoms with Crippen LogP contribution < -0.4 is 5.32 Å². The SMILES string of the molecule is Cc1ccc(CNC(=O)c2c3c(n4ncc(-c5ccccc5)nc24)CN(CC2CC2)CC3)o1. The largest absolute Gasteiger partial charge is 0.465 e. The zero-order chi connectivity index (χ0) is 22.4. The monoisotopic (exact) mass is 441 g/mol. The third kappa shape index (κ3) is 3.93. The minimum absolute atomic E-state index is 0.127. The number of hydrogen-bond acceptors (Lipinski definition) is 5. The van der Waals surface area contributed by atoms with Crippen LogP contribution in [0.2, 0.25) is 0 Å². The summed E-state index contributed by atoms with van der Waals surface area (Å²) < 4.78 is 7.51. The van der Waals surface area contributed by atoms with Gasteiger partial charge in [0.15, 0.2) is 5.65 Å². The number of furan rings is 1. The lowest BCUT2D eigenvalue weighted by Crippen LogP contribution is -2.33. The van der Waals surface area contributed by atoms with Crippen molar-refractivity contribution in [2.24, 2.45) is 5.92 Å². The molecule has 1 saturated carbocycles. The summed E-state index contributed by atoms with van der Waals surface area (Å²) in [5.41, 5.74) is 5.18. The summed E-state index contributed by atoms with van der Waals surface area (Å²) in [6.45, 7) is 5.14. The number of nitrogens with zero attached hydrogens (tertiary/aromatic N) is 4. The number of benzene rings is 1. The van der Waals surface area contributed by atoms with Crippen molar-refractivity contribution >= 4 is 11.6 Å². The van der Waals surface area contributed by atoms with Crippen LogP contribution in [0.3, 0.4) is 0 Å². The first-order valence-electron chi connectivity index (χ1n) is 11.7. The van der Waals surface area contributed by atoms with Crippen LogP contribution in [-0.4, -0.2) is 38.5 Å². The van der Waals surface area contributed by atoms with Crippen molar-refractivity contribution in [3.63, 3.8) is 0 Å². The zero-order valence-electron chi connectivity index (χ0n) is 18.8. The lowest BCUT2D eigenvalue weighted by molar-refractivity contribution is 0.0948. The second-order valence-electron chi connectivity index (χ2n) is 9.17. The molecule has 7 heteroatoms. The second kappa shape index (κ2) is 8.15. The molecule has 0 unspecified atom stereocenters. The highest BCUT2D eigenvalue weighted by atomic mass is 16.3. The van der Waals surface area contributed by atoms with Crippen LogP contribution in [0.4, 0.5) is 0 Å². The highest BCUT2D eigenvalue weighted by Crippen LogP contribution is 2.33. The molecule has 4 aromatic rings. The van der Waals surface area contributed by atoms with Crippen LogP contribution in [0, 0.1) is 12.8 Å². The highest BCUT2D eigenvalue weighted by molar-refractivity contribution is 6.02. The molecule has 6 rings (SSSR count). The van der Waals surface area contributed by atoms with Gasteiger partial charge in [0, 0.05) is 25.2 Å². The molecule has 1 aliphatic heterocycles. The van der Waals surface area contributed by atoms with Gasteiger partial charge < -0.3 is 9.73 Å². The molecule has 1 N–H and O–H groups in total. The van der Waals surface area contributed by atoms with Crippen molar-refractivity contribution in [1.82, 2.24) is 24.8 Å². The molecule has 2 aliphatic rings. The summed E-state index contributed by atoms with van der Waals surface area (Å²) in [5.74, 6) is 2.27. The van der Waals surface area contributed by atoms with Crippen LogP contribution in [0.5, 0.6) is 0 Å². The van der Waals surface area contributed by atoms with E-state index in [1.807, 2.05) is 53.9 Å². The van der Waals surface area contributed by atoms with Gasteiger partial charge in [-0.05, 0) is 49.8 Å². The summed E-state index contributed by atoms with van der Waals surface area (Å²) in [7, 11) is 0. The van der Waals surface area contributed by atoms with Gasteiger partial charge in [-0.3, -0.25) is 9.69 Å². The van der Waals surface area contributed by atoms with E-state index in [-0.39, 0.29) is 5.91 Å². The van der Waals surface area contributed by atoms with E-state index in [0.717, 1.165) is 66.0 Å². The van der Waals surface area contributed by atoms with Gasteiger partial charge in [0.25, 0.3) is 5.91 Å². The topological polar surface area (TPSA) is 75.7 Å². The van der Waals surface area contributed by atoms with Gasteiger partial charge in [0.05, 0.1) is 29.7 Å². The minimum atomic E-state index is -0.127. The number of carbonyl (C=O) groups is 1. The predicted molar refractivity (Wildman–Crippen MR) is 125 cm³/mol. The molecule has 0 radical (unpaired) electrons. The number of aryl methyl sites for hydroxylation is 1. The fraction of sp³-hybridized carbons (Fsp3) is 0.346. The summed E-state index contributed by atoms with van der Waals surface area (Å²) in [4.78, 5) is 20.9. The second-order valence-corrected chi connectivity index (χ2v) is 9.17. The van der Waals surface area contributed by atoms with Crippen molar-refractivity contribution in [2.75, 3.05) is 13.1 Å². The Labute approximate surface area is 192 Å². The van der Waals surface area contributed by atoms with Gasteiger partial charge in [0.1, 0.15) is 11.5 Å². The fourth-order valence-electron chi connectivity index (χ4n) is 4.76. The first-order valence-corrected chi connectivity index (χ1v) is 11.7. The Hall–Kier alpha value is -3.45. The zero-order valence-corrected chi connectivity index (χ0v) is 18.8. The number of nitrogens with one attached hydrogen (secondary N) is 1. The maximum absolute atomic E-state index is 13.4. The Morgan fingerprint density at radius 3 is 2.79 bits per heavy atom. The highest BCUT2D eigenvalue weighted by Gasteiger charge is 2.32. The Bertz CT molecular complexity index is 1320. The molecule has 4 heterocycles. The average Bonchev–Trinajstić information content (AvgIpc) is 3.46. The lowest BCUT2D eigenvalue weighted by Gasteiger charge is -2.27. The van der Waals surface area contributed by atoms with Crippen molar-refractivity contribution in [2.45, 2.75) is 39.3 Å². The number of amides is 1. The van der Waals surface area contributed by atoms with Crippen molar-refractivity contribution in [3.05, 3.63) is 77.0 Å². The Balaban J connectivity index is 1.39. The van der Waals surface area contributed by atoms with E-state index in [2.05, 4.69) is 10.2 Å². The van der Waals surface area contributed by atoms with Crippen LogP contribution in [0.25, 0.3) is 16.9 Å². The number of rotatable bonds is 6. The van der Waals surface area contributed by atoms with Gasteiger partial charge in [-0.2, -0.15) is 5.10 Å². The number of hydrogen-bond donors (Lipinski definition) is 1. The van der Waals surface area contributed by atoms with Gasteiger partial charge >= 0.3 is 0 Å². The molecule has 7 nitrogen and oxygen atoms in total. The fourth-order valence-corrected chi connectivity index (χ4v) is 4.76. The molecule has 1 amide bonds. The first-order chi connectivity index (χ1) is 16.2. The molecule has 0 atom stereocenters. The van der Waals surface area contributed by atoms with Gasteiger partial charge in [0.2, 0.25) is 0 Å². The number of fused-ring (bicyclic) bond motifs is 3. The molecular weight excluding hydrogens is 414 g/mol. The van der Waals surface area contributed by atoms with E-state index >= 15 is 0 Å². The molecule has 33 heavy (non-hydrogen) atoms. The van der Waals surface area contributed by atoms with Crippen molar-refractivity contribution in [3.8, 4) is 11.3 Å². The van der Waals surface area contributed by atoms with Crippen molar-refractivity contribution in [1.29, 1.82) is 0 Å². The first kappa shape index (κ1) is 20.2.